The van der Waals surface area contributed by atoms with Crippen molar-refractivity contribution in [3.63, 3.8) is 0 Å². The molecule has 10 heteroatoms. The molecule has 0 amide bonds. The molecule has 0 aliphatic heterocycles. The van der Waals surface area contributed by atoms with Gasteiger partial charge in [0, 0.05) is 6.61 Å². The molecule has 0 saturated heterocycles. The van der Waals surface area contributed by atoms with Crippen LogP contribution in [0.2, 0.25) is 0 Å². The highest BCUT2D eigenvalue weighted by Crippen LogP contribution is 2.47. The highest BCUT2D eigenvalue weighted by molar-refractivity contribution is 7.39. The van der Waals surface area contributed by atoms with Crippen molar-refractivity contribution in [2.24, 2.45) is 5.41 Å². The van der Waals surface area contributed by atoms with Crippen molar-refractivity contribution in [1.29, 1.82) is 0 Å². The van der Waals surface area contributed by atoms with E-state index in [0.29, 0.717) is 19.4 Å². The van der Waals surface area contributed by atoms with Crippen molar-refractivity contribution in [2.45, 2.75) is 347 Å². The first-order valence-corrected chi connectivity index (χ1v) is 33.0. The lowest BCUT2D eigenvalue weighted by Crippen LogP contribution is -2.57. The van der Waals surface area contributed by atoms with Crippen LogP contribution < -0.4 is 0 Å². The first-order chi connectivity index (χ1) is 33.8. The van der Waals surface area contributed by atoms with Crippen LogP contribution in [0.15, 0.2) is 0 Å². The van der Waals surface area contributed by atoms with Gasteiger partial charge in [-0.25, -0.2) is 0 Å². The van der Waals surface area contributed by atoms with E-state index >= 15 is 0 Å². The lowest BCUT2D eigenvalue weighted by molar-refractivity contribution is -0.189. The molecule has 0 aliphatic carbocycles. The third kappa shape index (κ3) is 44.5. The maximum Gasteiger partial charge on any atom is 0.327 e. The Bertz CT molecular complexity index is 927. The molecule has 0 aromatic rings. The summed E-state index contributed by atoms with van der Waals surface area (Å²) in [6.07, 6.45) is 63.6. The van der Waals surface area contributed by atoms with Gasteiger partial charge in [0.05, 0.1) is 30.8 Å². The zero-order chi connectivity index (χ0) is 50.5. The van der Waals surface area contributed by atoms with Crippen LogP contribution in [-0.2, 0) is 13.8 Å². The van der Waals surface area contributed by atoms with Crippen LogP contribution >= 0.6 is 17.2 Å². The van der Waals surface area contributed by atoms with Gasteiger partial charge in [-0.1, -0.05) is 323 Å². The molecular formula is C59H122O8P2. The van der Waals surface area contributed by atoms with Gasteiger partial charge in [0.1, 0.15) is 0 Å². The molecule has 5 N–H and O–H groups in total. The number of ether oxygens (including phenoxy) is 1. The second kappa shape index (κ2) is 54.8. The quantitative estimate of drug-likeness (QED) is 0.0301. The lowest BCUT2D eigenvalue weighted by atomic mass is 9.67. The van der Waals surface area contributed by atoms with Gasteiger partial charge in [-0.05, 0) is 19.3 Å². The molecule has 0 aliphatic rings. The Morgan fingerprint density at radius 3 is 0.696 bits per heavy atom. The van der Waals surface area contributed by atoms with Crippen LogP contribution in [0, 0.1) is 5.41 Å². The monoisotopic (exact) mass is 1020 g/mol. The van der Waals surface area contributed by atoms with E-state index < -0.39 is 28.2 Å². The molecule has 69 heavy (non-hydrogen) atoms. The fraction of sp³-hybridized carbons (Fsp3) is 1.00. The summed E-state index contributed by atoms with van der Waals surface area (Å²) in [6.45, 7) is 6.63. The minimum Gasteiger partial charge on any atom is -0.395 e. The maximum absolute atomic E-state index is 11.3. The molecule has 0 aromatic carbocycles. The minimum atomic E-state index is -2.69. The zero-order valence-corrected chi connectivity index (χ0v) is 48.3. The topological polar surface area (TPSA) is 129 Å². The molecule has 0 rings (SSSR count). The second-order valence-electron chi connectivity index (χ2n) is 21.7. The molecule has 0 fully saturated rings. The summed E-state index contributed by atoms with van der Waals surface area (Å²) in [4.78, 5) is 39.9. The van der Waals surface area contributed by atoms with Gasteiger partial charge in [-0.15, -0.1) is 0 Å². The van der Waals surface area contributed by atoms with Gasteiger partial charge in [0.2, 0.25) is 0 Å². The van der Waals surface area contributed by atoms with Crippen LogP contribution in [0.5, 0.6) is 0 Å². The lowest BCUT2D eigenvalue weighted by Gasteiger charge is -2.49. The van der Waals surface area contributed by atoms with Gasteiger partial charge >= 0.3 is 17.2 Å². The highest BCUT2D eigenvalue weighted by atomic mass is 31.2. The SMILES string of the molecule is CCCCCCCCCCCCCCCCCCOC(CCCCCCCCCCCCCCCCCC)(CCCCCCCCCCCCCCCCCC)C(CO)(COP(O)O)COP(O)O. The van der Waals surface area contributed by atoms with E-state index in [1.807, 2.05) is 0 Å². The first kappa shape index (κ1) is 69.5. The van der Waals surface area contributed by atoms with E-state index in [2.05, 4.69) is 20.8 Å². The number of hydrogen-bond acceptors (Lipinski definition) is 8. The summed E-state index contributed by atoms with van der Waals surface area (Å²) in [5, 5.41) is 11.3. The molecule has 0 radical (unpaired) electrons. The molecule has 0 saturated carbocycles. The summed E-state index contributed by atoms with van der Waals surface area (Å²) in [5.74, 6) is 0. The summed E-state index contributed by atoms with van der Waals surface area (Å²) in [5.41, 5.74) is -2.06. The van der Waals surface area contributed by atoms with Crippen molar-refractivity contribution in [2.75, 3.05) is 26.4 Å². The third-order valence-corrected chi connectivity index (χ3v) is 16.1. The minimum absolute atomic E-state index is 0.192. The van der Waals surface area contributed by atoms with Gasteiger partial charge in [-0.2, -0.15) is 0 Å². The number of aliphatic hydroxyl groups excluding tert-OH is 1. The summed E-state index contributed by atoms with van der Waals surface area (Å²) in [6, 6.07) is 0. The van der Waals surface area contributed by atoms with E-state index in [9.17, 15) is 24.7 Å². The van der Waals surface area contributed by atoms with Crippen LogP contribution in [0.25, 0.3) is 0 Å². The fourth-order valence-corrected chi connectivity index (χ4v) is 11.4. The Morgan fingerprint density at radius 2 is 0.493 bits per heavy atom. The first-order valence-electron chi connectivity index (χ1n) is 30.7. The predicted octanol–water partition coefficient (Wildman–Crippen LogP) is 19.7. The molecule has 0 unspecified atom stereocenters. The van der Waals surface area contributed by atoms with Crippen LogP contribution in [-0.4, -0.2) is 56.7 Å². The summed E-state index contributed by atoms with van der Waals surface area (Å²) >= 11 is 0. The zero-order valence-electron chi connectivity index (χ0n) is 46.5. The Labute approximate surface area is 433 Å². The second-order valence-corrected chi connectivity index (χ2v) is 23.3. The third-order valence-electron chi connectivity index (χ3n) is 15.4. The summed E-state index contributed by atoms with van der Waals surface area (Å²) < 4.78 is 18.2. The average molecular weight is 1020 g/mol. The standard InChI is InChI=1S/C59H122O8P2/c1-4-7-10-13-16-19-22-25-28-31-34-37-40-43-46-49-52-59(58(55-60,56-66-68(61)62)57-67-69(63)64,53-50-47-44-41-38-35-32-29-26-23-20-17-14-11-8-5-2)65-54-51-48-45-42-39-36-33-30-27-24-21-18-15-12-9-6-3/h60-64H,4-57H2,1-3H3. The normalized spacial score (nSPS) is 12.4. The Morgan fingerprint density at radius 1 is 0.290 bits per heavy atom. The Kier molecular flexibility index (Phi) is 55.2. The molecule has 8 nitrogen and oxygen atoms in total. The summed E-state index contributed by atoms with van der Waals surface area (Å²) in [7, 11) is -5.38. The van der Waals surface area contributed by atoms with Crippen LogP contribution in [0.1, 0.15) is 342 Å². The smallest absolute Gasteiger partial charge is 0.327 e. The van der Waals surface area contributed by atoms with Crippen molar-refractivity contribution in [1.82, 2.24) is 0 Å². The Hall–Kier alpha value is 0.540. The van der Waals surface area contributed by atoms with Gasteiger partial charge < -0.3 is 38.5 Å². The molecular weight excluding hydrogens is 899 g/mol. The molecule has 0 aromatic heterocycles. The molecule has 0 atom stereocenters. The van der Waals surface area contributed by atoms with Gasteiger partial charge in [0.25, 0.3) is 0 Å². The highest BCUT2D eigenvalue weighted by Gasteiger charge is 2.53. The van der Waals surface area contributed by atoms with Crippen molar-refractivity contribution < 1.29 is 38.5 Å². The number of aliphatic hydroxyl groups is 1. The van der Waals surface area contributed by atoms with E-state index in [-0.39, 0.29) is 19.8 Å². The molecule has 0 heterocycles. The molecule has 416 valence electrons. The van der Waals surface area contributed by atoms with Gasteiger partial charge in [0.15, 0.2) is 0 Å². The fourth-order valence-electron chi connectivity index (χ4n) is 10.7. The van der Waals surface area contributed by atoms with E-state index in [1.165, 1.54) is 257 Å². The average Bonchev–Trinajstić information content (AvgIpc) is 3.34. The van der Waals surface area contributed by atoms with E-state index in [1.54, 1.807) is 0 Å². The molecule has 0 spiro atoms. The van der Waals surface area contributed by atoms with Crippen molar-refractivity contribution in [3.8, 4) is 0 Å². The van der Waals surface area contributed by atoms with Crippen LogP contribution in [0.4, 0.5) is 0 Å². The predicted molar refractivity (Wildman–Crippen MR) is 301 cm³/mol. The van der Waals surface area contributed by atoms with Crippen molar-refractivity contribution in [3.05, 3.63) is 0 Å². The number of rotatable bonds is 60. The van der Waals surface area contributed by atoms with E-state index in [4.69, 9.17) is 13.8 Å². The van der Waals surface area contributed by atoms with Crippen LogP contribution in [0.3, 0.4) is 0 Å². The van der Waals surface area contributed by atoms with E-state index in [0.717, 1.165) is 51.4 Å². The van der Waals surface area contributed by atoms with Gasteiger partial charge in [-0.3, -0.25) is 0 Å². The molecule has 0 bridgehead atoms. The largest absolute Gasteiger partial charge is 0.395 e. The maximum atomic E-state index is 11.3. The number of hydrogen-bond donors (Lipinski definition) is 5. The van der Waals surface area contributed by atoms with Crippen molar-refractivity contribution >= 4 is 17.2 Å². The Balaban J connectivity index is 5.35. The number of unbranched alkanes of at least 4 members (excludes halogenated alkanes) is 45.